The highest BCUT2D eigenvalue weighted by molar-refractivity contribution is 5.99. The molecule has 0 saturated heterocycles. The molecular weight excluding hydrogens is 244 g/mol. The average Bonchev–Trinajstić information content (AvgIpc) is 2.44. The third-order valence-corrected chi connectivity index (χ3v) is 2.92. The minimum atomic E-state index is -0.0378. The summed E-state index contributed by atoms with van der Waals surface area (Å²) >= 11 is 0. The average molecular weight is 264 g/mol. The smallest absolute Gasteiger partial charge is 0.224 e. The number of oxime groups is 1. The van der Waals surface area contributed by atoms with Crippen LogP contribution in [0.25, 0.3) is 0 Å². The first-order valence-electron chi connectivity index (χ1n) is 6.18. The molecule has 1 aromatic rings. The van der Waals surface area contributed by atoms with Gasteiger partial charge in [0.05, 0.1) is 11.8 Å². The van der Waals surface area contributed by atoms with Gasteiger partial charge in [0.25, 0.3) is 0 Å². The first-order valence-corrected chi connectivity index (χ1v) is 6.18. The van der Waals surface area contributed by atoms with Crippen LogP contribution in [0.1, 0.15) is 32.3 Å². The minimum absolute atomic E-state index is 0.0378. The van der Waals surface area contributed by atoms with E-state index in [-0.39, 0.29) is 12.0 Å². The van der Waals surface area contributed by atoms with Crippen molar-refractivity contribution in [3.63, 3.8) is 0 Å². The van der Waals surface area contributed by atoms with Crippen LogP contribution in [0.3, 0.4) is 0 Å². The molecule has 0 aromatic heterocycles. The van der Waals surface area contributed by atoms with Gasteiger partial charge in [-0.05, 0) is 38.0 Å². The van der Waals surface area contributed by atoms with Crippen molar-refractivity contribution in [3.8, 4) is 0 Å². The first kappa shape index (κ1) is 15.2. The van der Waals surface area contributed by atoms with Crippen molar-refractivity contribution in [1.29, 1.82) is 0 Å². The van der Waals surface area contributed by atoms with Crippen LogP contribution in [0.4, 0.5) is 5.69 Å². The van der Waals surface area contributed by atoms with E-state index in [2.05, 4.69) is 10.5 Å². The summed E-state index contributed by atoms with van der Waals surface area (Å²) in [5.41, 5.74) is 2.07. The molecule has 0 aliphatic heterocycles. The SMILES string of the molecule is COC(C)CCC(=O)Nc1ccc(/C(C)=N/O)cc1. The molecule has 104 valence electrons. The number of hydrogen-bond acceptors (Lipinski definition) is 4. The number of carbonyl (C=O) groups is 1. The largest absolute Gasteiger partial charge is 0.411 e. The zero-order valence-corrected chi connectivity index (χ0v) is 11.5. The van der Waals surface area contributed by atoms with Gasteiger partial charge in [0.15, 0.2) is 0 Å². The monoisotopic (exact) mass is 264 g/mol. The number of anilines is 1. The molecule has 5 nitrogen and oxygen atoms in total. The molecule has 0 aliphatic carbocycles. The molecule has 1 atom stereocenters. The van der Waals surface area contributed by atoms with Crippen molar-refractivity contribution < 1.29 is 14.7 Å². The van der Waals surface area contributed by atoms with E-state index >= 15 is 0 Å². The van der Waals surface area contributed by atoms with E-state index < -0.39 is 0 Å². The Morgan fingerprint density at radius 1 is 1.42 bits per heavy atom. The third kappa shape index (κ3) is 5.09. The summed E-state index contributed by atoms with van der Waals surface area (Å²) in [5, 5.41) is 14.6. The Kier molecular flexibility index (Phi) is 6.02. The number of methoxy groups -OCH3 is 1. The zero-order valence-electron chi connectivity index (χ0n) is 11.5. The van der Waals surface area contributed by atoms with Gasteiger partial charge in [0.1, 0.15) is 0 Å². The van der Waals surface area contributed by atoms with Gasteiger partial charge in [-0.15, -0.1) is 0 Å². The maximum absolute atomic E-state index is 11.7. The van der Waals surface area contributed by atoms with Crippen molar-refractivity contribution in [1.82, 2.24) is 0 Å². The van der Waals surface area contributed by atoms with Crippen molar-refractivity contribution in [2.24, 2.45) is 5.16 Å². The summed E-state index contributed by atoms with van der Waals surface area (Å²) in [6, 6.07) is 7.15. The Hall–Kier alpha value is -1.88. The molecule has 0 spiro atoms. The van der Waals surface area contributed by atoms with E-state index in [0.29, 0.717) is 18.6 Å². The fraction of sp³-hybridized carbons (Fsp3) is 0.429. The highest BCUT2D eigenvalue weighted by Crippen LogP contribution is 2.11. The van der Waals surface area contributed by atoms with Gasteiger partial charge in [-0.25, -0.2) is 0 Å². The van der Waals surface area contributed by atoms with Gasteiger partial charge in [-0.3, -0.25) is 4.79 Å². The van der Waals surface area contributed by atoms with E-state index in [9.17, 15) is 4.79 Å². The van der Waals surface area contributed by atoms with E-state index in [0.717, 1.165) is 11.3 Å². The van der Waals surface area contributed by atoms with Gasteiger partial charge < -0.3 is 15.3 Å². The fourth-order valence-electron chi connectivity index (χ4n) is 1.53. The Morgan fingerprint density at radius 3 is 2.58 bits per heavy atom. The van der Waals surface area contributed by atoms with E-state index in [1.165, 1.54) is 0 Å². The molecule has 2 N–H and O–H groups in total. The zero-order chi connectivity index (χ0) is 14.3. The standard InChI is InChI=1S/C14H20N2O3/c1-10(19-3)4-9-14(17)15-13-7-5-12(6-8-13)11(2)16-18/h5-8,10,18H,4,9H2,1-3H3,(H,15,17)/b16-11+. The second kappa shape index (κ2) is 7.53. The molecule has 0 radical (unpaired) electrons. The minimum Gasteiger partial charge on any atom is -0.411 e. The highest BCUT2D eigenvalue weighted by Gasteiger charge is 2.06. The molecule has 0 aliphatic rings. The summed E-state index contributed by atoms with van der Waals surface area (Å²) in [5.74, 6) is -0.0378. The number of nitrogens with one attached hydrogen (secondary N) is 1. The van der Waals surface area contributed by atoms with Crippen LogP contribution in [0.2, 0.25) is 0 Å². The third-order valence-electron chi connectivity index (χ3n) is 2.92. The highest BCUT2D eigenvalue weighted by atomic mass is 16.5. The molecule has 0 heterocycles. The van der Waals surface area contributed by atoms with Crippen molar-refractivity contribution >= 4 is 17.3 Å². The molecule has 19 heavy (non-hydrogen) atoms. The number of nitrogens with zero attached hydrogens (tertiary/aromatic N) is 1. The van der Waals surface area contributed by atoms with Gasteiger partial charge in [-0.1, -0.05) is 17.3 Å². The van der Waals surface area contributed by atoms with Crippen LogP contribution < -0.4 is 5.32 Å². The number of ether oxygens (including phenoxy) is 1. The lowest BCUT2D eigenvalue weighted by molar-refractivity contribution is -0.116. The predicted octanol–water partition coefficient (Wildman–Crippen LogP) is 2.64. The molecule has 5 heteroatoms. The van der Waals surface area contributed by atoms with E-state index in [4.69, 9.17) is 9.94 Å². The molecular formula is C14H20N2O3. The van der Waals surface area contributed by atoms with E-state index in [1.807, 2.05) is 6.92 Å². The number of rotatable bonds is 6. The first-order chi connectivity index (χ1) is 9.06. The summed E-state index contributed by atoms with van der Waals surface area (Å²) in [6.45, 7) is 3.64. The Morgan fingerprint density at radius 2 is 2.05 bits per heavy atom. The van der Waals surface area contributed by atoms with Crippen LogP contribution >= 0.6 is 0 Å². The number of hydrogen-bond donors (Lipinski definition) is 2. The van der Waals surface area contributed by atoms with Gasteiger partial charge in [0, 0.05) is 19.2 Å². The molecule has 1 unspecified atom stereocenters. The van der Waals surface area contributed by atoms with Gasteiger partial charge in [-0.2, -0.15) is 0 Å². The van der Waals surface area contributed by atoms with Crippen molar-refractivity contribution in [3.05, 3.63) is 29.8 Å². The van der Waals surface area contributed by atoms with Crippen LogP contribution in [-0.2, 0) is 9.53 Å². The maximum Gasteiger partial charge on any atom is 0.224 e. The topological polar surface area (TPSA) is 70.9 Å². The van der Waals surface area contributed by atoms with Crippen LogP contribution in [0.5, 0.6) is 0 Å². The quantitative estimate of drug-likeness (QED) is 0.471. The van der Waals surface area contributed by atoms with Crippen molar-refractivity contribution in [2.45, 2.75) is 32.8 Å². The maximum atomic E-state index is 11.7. The molecule has 1 amide bonds. The number of amides is 1. The normalized spacial score (nSPS) is 13.1. The Bertz CT molecular complexity index is 441. The predicted molar refractivity (Wildman–Crippen MR) is 74.8 cm³/mol. The van der Waals surface area contributed by atoms with Crippen LogP contribution in [-0.4, -0.2) is 30.0 Å². The van der Waals surface area contributed by atoms with E-state index in [1.54, 1.807) is 38.3 Å². The second-order valence-electron chi connectivity index (χ2n) is 4.40. The second-order valence-corrected chi connectivity index (χ2v) is 4.40. The molecule has 0 saturated carbocycles. The summed E-state index contributed by atoms with van der Waals surface area (Å²) in [4.78, 5) is 11.7. The van der Waals surface area contributed by atoms with Crippen LogP contribution in [0.15, 0.2) is 29.4 Å². The van der Waals surface area contributed by atoms with Crippen molar-refractivity contribution in [2.75, 3.05) is 12.4 Å². The Labute approximate surface area is 113 Å². The summed E-state index contributed by atoms with van der Waals surface area (Å²) < 4.78 is 5.09. The lowest BCUT2D eigenvalue weighted by Crippen LogP contribution is -2.15. The lowest BCUT2D eigenvalue weighted by atomic mass is 10.1. The van der Waals surface area contributed by atoms with Crippen LogP contribution in [0, 0.1) is 0 Å². The molecule has 0 bridgehead atoms. The summed E-state index contributed by atoms with van der Waals surface area (Å²) in [7, 11) is 1.63. The summed E-state index contributed by atoms with van der Waals surface area (Å²) in [6.07, 6.45) is 1.20. The molecule has 1 aromatic carbocycles. The number of benzene rings is 1. The number of carbonyl (C=O) groups excluding carboxylic acids is 1. The molecule has 0 fully saturated rings. The van der Waals surface area contributed by atoms with Gasteiger partial charge >= 0.3 is 0 Å². The fourth-order valence-corrected chi connectivity index (χ4v) is 1.53. The van der Waals surface area contributed by atoms with Gasteiger partial charge in [0.2, 0.25) is 5.91 Å². The molecule has 1 rings (SSSR count). The Balaban J connectivity index is 2.51. The lowest BCUT2D eigenvalue weighted by Gasteiger charge is -2.09.